The van der Waals surface area contributed by atoms with Crippen LogP contribution in [0.1, 0.15) is 66.1 Å². The molecule has 2 heterocycles. The fourth-order valence-electron chi connectivity index (χ4n) is 3.64. The summed E-state index contributed by atoms with van der Waals surface area (Å²) in [6.45, 7) is 1.79. The highest BCUT2D eigenvalue weighted by Crippen LogP contribution is 2.50. The molecular formula is C19H26N2O2S. The Labute approximate surface area is 147 Å². The largest absolute Gasteiger partial charge is 0.381 e. The Bertz CT molecular complexity index is 617. The number of hydrogen-bond acceptors (Lipinski definition) is 4. The number of ether oxygens (including phenoxy) is 1. The summed E-state index contributed by atoms with van der Waals surface area (Å²) in [5, 5.41) is 13.4. The van der Waals surface area contributed by atoms with E-state index in [-0.39, 0.29) is 5.91 Å². The van der Waals surface area contributed by atoms with Gasteiger partial charge in [-0.25, -0.2) is 0 Å². The normalized spacial score (nSPS) is 27.0. The van der Waals surface area contributed by atoms with Crippen LogP contribution in [0.4, 0.5) is 0 Å². The minimum Gasteiger partial charge on any atom is -0.381 e. The van der Waals surface area contributed by atoms with Crippen molar-refractivity contribution in [3.8, 4) is 0 Å². The Kier molecular flexibility index (Phi) is 4.72. The molecule has 0 radical (unpaired) electrons. The number of hydrogen-bond donors (Lipinski definition) is 2. The van der Waals surface area contributed by atoms with Crippen molar-refractivity contribution in [2.45, 2.75) is 56.9 Å². The highest BCUT2D eigenvalue weighted by atomic mass is 32.1. The Morgan fingerprint density at radius 1 is 1.29 bits per heavy atom. The summed E-state index contributed by atoms with van der Waals surface area (Å²) in [5.41, 5.74) is 1.73. The molecule has 3 aliphatic rings. The van der Waals surface area contributed by atoms with Crippen LogP contribution in [-0.2, 0) is 4.74 Å². The van der Waals surface area contributed by atoms with Gasteiger partial charge in [-0.3, -0.25) is 4.79 Å². The fourth-order valence-corrected chi connectivity index (χ4v) is 4.71. The molecule has 3 fully saturated rings. The van der Waals surface area contributed by atoms with E-state index in [0.717, 1.165) is 75.4 Å². The van der Waals surface area contributed by atoms with E-state index in [4.69, 9.17) is 10.1 Å². The van der Waals surface area contributed by atoms with Gasteiger partial charge in [0.1, 0.15) is 0 Å². The zero-order valence-corrected chi connectivity index (χ0v) is 14.9. The van der Waals surface area contributed by atoms with E-state index in [1.54, 1.807) is 11.3 Å². The van der Waals surface area contributed by atoms with Gasteiger partial charge in [-0.1, -0.05) is 0 Å². The summed E-state index contributed by atoms with van der Waals surface area (Å²) in [6, 6.07) is 2.46. The highest BCUT2D eigenvalue weighted by Gasteiger charge is 2.42. The lowest BCUT2D eigenvalue weighted by molar-refractivity contribution is 0.0645. The van der Waals surface area contributed by atoms with E-state index in [9.17, 15) is 4.79 Å². The summed E-state index contributed by atoms with van der Waals surface area (Å²) in [6.07, 6.45) is 7.74. The molecule has 2 aliphatic carbocycles. The summed E-state index contributed by atoms with van der Waals surface area (Å²) in [4.78, 5) is 13.4. The van der Waals surface area contributed by atoms with Crippen LogP contribution in [0.3, 0.4) is 0 Å². The molecule has 24 heavy (non-hydrogen) atoms. The molecule has 0 bridgehead atoms. The van der Waals surface area contributed by atoms with E-state index >= 15 is 0 Å². The molecule has 1 aliphatic heterocycles. The van der Waals surface area contributed by atoms with Crippen LogP contribution in [0, 0.1) is 17.2 Å². The van der Waals surface area contributed by atoms with Gasteiger partial charge in [-0.05, 0) is 56.9 Å². The summed E-state index contributed by atoms with van der Waals surface area (Å²) < 4.78 is 5.41. The highest BCUT2D eigenvalue weighted by molar-refractivity contribution is 7.10. The molecule has 130 valence electrons. The molecular weight excluding hydrogens is 320 g/mol. The minimum atomic E-state index is 0.0757. The van der Waals surface area contributed by atoms with Gasteiger partial charge >= 0.3 is 0 Å². The zero-order chi connectivity index (χ0) is 16.5. The molecule has 0 aromatic carbocycles. The van der Waals surface area contributed by atoms with E-state index in [2.05, 4.69) is 11.4 Å². The Balaban J connectivity index is 1.25. The van der Waals surface area contributed by atoms with Gasteiger partial charge in [-0.15, -0.1) is 11.3 Å². The molecule has 2 N–H and O–H groups in total. The first kappa shape index (κ1) is 16.3. The Hall–Kier alpha value is -1.20. The lowest BCUT2D eigenvalue weighted by Gasteiger charge is -2.21. The molecule has 1 aromatic rings. The van der Waals surface area contributed by atoms with Crippen molar-refractivity contribution in [3.63, 3.8) is 0 Å². The minimum absolute atomic E-state index is 0.0757. The van der Waals surface area contributed by atoms with Gasteiger partial charge < -0.3 is 15.5 Å². The zero-order valence-electron chi connectivity index (χ0n) is 14.1. The van der Waals surface area contributed by atoms with Crippen molar-refractivity contribution >= 4 is 23.0 Å². The lowest BCUT2D eigenvalue weighted by atomic mass is 9.92. The first-order chi connectivity index (χ1) is 11.7. The second-order valence-corrected chi connectivity index (χ2v) is 8.50. The van der Waals surface area contributed by atoms with E-state index in [1.165, 1.54) is 4.88 Å². The van der Waals surface area contributed by atoms with Crippen LogP contribution >= 0.6 is 11.3 Å². The van der Waals surface area contributed by atoms with Gasteiger partial charge in [0.05, 0.1) is 5.56 Å². The summed E-state index contributed by atoms with van der Waals surface area (Å²) in [5.74, 6) is 1.73. The predicted molar refractivity (Wildman–Crippen MR) is 96.2 cm³/mol. The number of rotatable bonds is 7. The molecule has 1 saturated heterocycles. The van der Waals surface area contributed by atoms with Crippen molar-refractivity contribution in [1.82, 2.24) is 5.32 Å². The van der Waals surface area contributed by atoms with Crippen LogP contribution in [0.2, 0.25) is 0 Å². The third-order valence-electron chi connectivity index (χ3n) is 5.56. The summed E-state index contributed by atoms with van der Waals surface area (Å²) in [7, 11) is 0. The van der Waals surface area contributed by atoms with Gasteiger partial charge in [-0.2, -0.15) is 0 Å². The maximum absolute atomic E-state index is 12.1. The number of carbonyl (C=O) groups is 1. The van der Waals surface area contributed by atoms with Crippen molar-refractivity contribution in [1.29, 1.82) is 5.41 Å². The standard InChI is InChI=1S/C19H26N2O2S/c20-17(4-1-12-5-7-23-8-6-12)15-10-16(15)18-9-13(11-24-18)19(22)21-14-2-3-14/h9,11-12,14-16,20H,1-8,10H2,(H,21,22). The second-order valence-electron chi connectivity index (χ2n) is 7.55. The lowest BCUT2D eigenvalue weighted by Crippen LogP contribution is -2.24. The monoisotopic (exact) mass is 346 g/mol. The van der Waals surface area contributed by atoms with E-state index < -0.39 is 0 Å². The number of nitrogens with one attached hydrogen (secondary N) is 2. The topological polar surface area (TPSA) is 62.2 Å². The molecule has 2 atom stereocenters. The van der Waals surface area contributed by atoms with Gasteiger partial charge in [0, 0.05) is 47.1 Å². The summed E-state index contributed by atoms with van der Waals surface area (Å²) >= 11 is 1.69. The number of amides is 1. The van der Waals surface area contributed by atoms with Crippen LogP contribution < -0.4 is 5.32 Å². The second kappa shape index (κ2) is 6.96. The molecule has 1 aromatic heterocycles. The maximum Gasteiger partial charge on any atom is 0.252 e. The van der Waals surface area contributed by atoms with Crippen molar-refractivity contribution in [2.24, 2.45) is 11.8 Å². The van der Waals surface area contributed by atoms with Gasteiger partial charge in [0.25, 0.3) is 5.91 Å². The molecule has 4 rings (SSSR count). The van der Waals surface area contributed by atoms with Crippen molar-refractivity contribution < 1.29 is 9.53 Å². The van der Waals surface area contributed by atoms with Crippen LogP contribution in [-0.4, -0.2) is 30.9 Å². The van der Waals surface area contributed by atoms with E-state index in [0.29, 0.717) is 17.9 Å². The first-order valence-corrected chi connectivity index (χ1v) is 10.1. The predicted octanol–water partition coefficient (Wildman–Crippen LogP) is 3.97. The fraction of sp³-hybridized carbons (Fsp3) is 0.684. The van der Waals surface area contributed by atoms with Crippen LogP contribution in [0.5, 0.6) is 0 Å². The molecule has 2 unspecified atom stereocenters. The first-order valence-electron chi connectivity index (χ1n) is 9.25. The smallest absolute Gasteiger partial charge is 0.252 e. The third kappa shape index (κ3) is 3.89. The maximum atomic E-state index is 12.1. The quantitative estimate of drug-likeness (QED) is 0.734. The van der Waals surface area contributed by atoms with Gasteiger partial charge in [0.15, 0.2) is 0 Å². The Morgan fingerprint density at radius 3 is 2.83 bits per heavy atom. The van der Waals surface area contributed by atoms with Gasteiger partial charge in [0.2, 0.25) is 0 Å². The Morgan fingerprint density at radius 2 is 2.08 bits per heavy atom. The molecule has 5 heteroatoms. The van der Waals surface area contributed by atoms with E-state index in [1.807, 2.05) is 5.38 Å². The average Bonchev–Trinajstić information content (AvgIpc) is 3.53. The molecule has 0 spiro atoms. The number of thiophene rings is 1. The molecule has 4 nitrogen and oxygen atoms in total. The molecule has 1 amide bonds. The SMILES string of the molecule is N=C(CCC1CCOCC1)C1CC1c1cc(C(=O)NC2CC2)cs1. The van der Waals surface area contributed by atoms with Crippen molar-refractivity contribution in [2.75, 3.05) is 13.2 Å². The van der Waals surface area contributed by atoms with Crippen LogP contribution in [0.25, 0.3) is 0 Å². The third-order valence-corrected chi connectivity index (χ3v) is 6.63. The average molecular weight is 346 g/mol. The molecule has 2 saturated carbocycles. The number of carbonyl (C=O) groups excluding carboxylic acids is 1. The van der Waals surface area contributed by atoms with Crippen LogP contribution in [0.15, 0.2) is 11.4 Å². The van der Waals surface area contributed by atoms with Crippen molar-refractivity contribution in [3.05, 3.63) is 21.9 Å².